The first-order valence-corrected chi connectivity index (χ1v) is 7.89. The third kappa shape index (κ3) is 3.92. The first kappa shape index (κ1) is 16.8. The van der Waals surface area contributed by atoms with Gasteiger partial charge in [0.25, 0.3) is 5.56 Å². The minimum atomic E-state index is -0.197. The van der Waals surface area contributed by atoms with Gasteiger partial charge in [0.05, 0.1) is 19.3 Å². The Labute approximate surface area is 144 Å². The van der Waals surface area contributed by atoms with Crippen LogP contribution in [0.5, 0.6) is 0 Å². The normalized spacial score (nSPS) is 10.9. The van der Waals surface area contributed by atoms with Gasteiger partial charge in [0, 0.05) is 13.7 Å². The van der Waals surface area contributed by atoms with E-state index in [0.29, 0.717) is 30.7 Å². The number of rotatable bonds is 7. The number of nitrogens with one attached hydrogen (secondary N) is 1. The summed E-state index contributed by atoms with van der Waals surface area (Å²) in [6.07, 6.45) is 3.04. The summed E-state index contributed by atoms with van der Waals surface area (Å²) >= 11 is 0. The first-order chi connectivity index (χ1) is 12.2. The molecule has 0 unspecified atom stereocenters. The average molecular weight is 341 g/mol. The molecule has 3 aromatic rings. The van der Waals surface area contributed by atoms with Gasteiger partial charge < -0.3 is 10.1 Å². The van der Waals surface area contributed by atoms with Crippen LogP contribution in [0.1, 0.15) is 5.56 Å². The molecule has 0 saturated carbocycles. The molecule has 130 valence electrons. The fourth-order valence-electron chi connectivity index (χ4n) is 2.54. The van der Waals surface area contributed by atoms with Crippen LogP contribution in [0.2, 0.25) is 0 Å². The summed E-state index contributed by atoms with van der Waals surface area (Å²) in [4.78, 5) is 28.3. The molecule has 0 aliphatic carbocycles. The topological polar surface area (TPSA) is 91.0 Å². The number of fused-ring (bicyclic) bond motifs is 1. The molecule has 0 saturated heterocycles. The van der Waals surface area contributed by atoms with Crippen LogP contribution < -0.4 is 10.9 Å². The quantitative estimate of drug-likeness (QED) is 0.672. The highest BCUT2D eigenvalue weighted by Gasteiger charge is 2.10. The highest BCUT2D eigenvalue weighted by molar-refractivity contribution is 5.77. The lowest BCUT2D eigenvalue weighted by Crippen LogP contribution is -2.30. The predicted octanol–water partition coefficient (Wildman–Crippen LogP) is 0.404. The fourth-order valence-corrected chi connectivity index (χ4v) is 2.54. The van der Waals surface area contributed by atoms with Crippen molar-refractivity contribution in [1.82, 2.24) is 24.6 Å². The molecule has 1 aromatic carbocycles. The summed E-state index contributed by atoms with van der Waals surface area (Å²) < 4.78 is 7.92. The van der Waals surface area contributed by atoms with Gasteiger partial charge in [-0.25, -0.2) is 9.67 Å². The summed E-state index contributed by atoms with van der Waals surface area (Å²) in [6, 6.07) is 9.72. The molecule has 0 spiro atoms. The number of amides is 1. The SMILES string of the molecule is COCC(=O)NCCn1ncc2c(=O)n(Cc3ccccc3)cnc21. The molecule has 0 atom stereocenters. The molecule has 0 aliphatic rings. The fraction of sp³-hybridized carbons (Fsp3) is 0.294. The third-order valence-corrected chi connectivity index (χ3v) is 3.74. The van der Waals surface area contributed by atoms with Crippen molar-refractivity contribution in [2.75, 3.05) is 20.3 Å². The van der Waals surface area contributed by atoms with Gasteiger partial charge in [-0.05, 0) is 5.56 Å². The zero-order valence-electron chi connectivity index (χ0n) is 13.9. The third-order valence-electron chi connectivity index (χ3n) is 3.74. The Hall–Kier alpha value is -3.00. The van der Waals surface area contributed by atoms with Crippen LogP contribution in [0.3, 0.4) is 0 Å². The van der Waals surface area contributed by atoms with Gasteiger partial charge in [-0.1, -0.05) is 30.3 Å². The maximum Gasteiger partial charge on any atom is 0.264 e. The predicted molar refractivity (Wildman–Crippen MR) is 92.2 cm³/mol. The number of nitrogens with zero attached hydrogens (tertiary/aromatic N) is 4. The standard InChI is InChI=1S/C17H19N5O3/c1-25-11-15(23)18-7-8-22-16-14(9-20-22)17(24)21(12-19-16)10-13-5-3-2-4-6-13/h2-6,9,12H,7-8,10-11H2,1H3,(H,18,23). The number of ether oxygens (including phenoxy) is 1. The van der Waals surface area contributed by atoms with Gasteiger partial charge in [-0.3, -0.25) is 14.2 Å². The molecule has 2 aromatic heterocycles. The van der Waals surface area contributed by atoms with Crippen LogP contribution in [0.25, 0.3) is 11.0 Å². The number of hydrogen-bond acceptors (Lipinski definition) is 5. The second-order valence-corrected chi connectivity index (χ2v) is 5.55. The summed E-state index contributed by atoms with van der Waals surface area (Å²) in [6.45, 7) is 1.28. The molecule has 1 amide bonds. The molecule has 0 bridgehead atoms. The Morgan fingerprint density at radius 3 is 2.84 bits per heavy atom. The molecular formula is C17H19N5O3. The van der Waals surface area contributed by atoms with Crippen molar-refractivity contribution in [3.05, 3.63) is 58.8 Å². The lowest BCUT2D eigenvalue weighted by molar-refractivity contribution is -0.124. The van der Waals surface area contributed by atoms with Crippen LogP contribution in [0.15, 0.2) is 47.7 Å². The van der Waals surface area contributed by atoms with Crippen molar-refractivity contribution >= 4 is 16.9 Å². The molecule has 25 heavy (non-hydrogen) atoms. The van der Waals surface area contributed by atoms with Crippen LogP contribution in [-0.4, -0.2) is 45.5 Å². The number of methoxy groups -OCH3 is 1. The zero-order chi connectivity index (χ0) is 17.6. The van der Waals surface area contributed by atoms with E-state index < -0.39 is 0 Å². The summed E-state index contributed by atoms with van der Waals surface area (Å²) in [5.41, 5.74) is 1.40. The van der Waals surface area contributed by atoms with Gasteiger partial charge >= 0.3 is 0 Å². The van der Waals surface area contributed by atoms with Crippen LogP contribution in [0, 0.1) is 0 Å². The Bertz CT molecular complexity index is 917. The maximum atomic E-state index is 12.6. The summed E-state index contributed by atoms with van der Waals surface area (Å²) in [5.74, 6) is -0.197. The van der Waals surface area contributed by atoms with Gasteiger partial charge in [-0.15, -0.1) is 0 Å². The number of hydrogen-bond donors (Lipinski definition) is 1. The molecule has 8 heteroatoms. The Morgan fingerprint density at radius 1 is 1.28 bits per heavy atom. The van der Waals surface area contributed by atoms with Crippen molar-refractivity contribution in [2.45, 2.75) is 13.1 Å². The number of benzene rings is 1. The van der Waals surface area contributed by atoms with Gasteiger partial charge in [-0.2, -0.15) is 5.10 Å². The van der Waals surface area contributed by atoms with E-state index in [1.54, 1.807) is 9.25 Å². The molecule has 0 aliphatic heterocycles. The monoisotopic (exact) mass is 341 g/mol. The maximum absolute atomic E-state index is 12.6. The molecule has 2 heterocycles. The number of carbonyl (C=O) groups is 1. The van der Waals surface area contributed by atoms with Gasteiger partial charge in [0.15, 0.2) is 5.65 Å². The van der Waals surface area contributed by atoms with Crippen LogP contribution >= 0.6 is 0 Å². The molecule has 1 N–H and O–H groups in total. The lowest BCUT2D eigenvalue weighted by Gasteiger charge is -2.07. The first-order valence-electron chi connectivity index (χ1n) is 7.89. The minimum Gasteiger partial charge on any atom is -0.375 e. The van der Waals surface area contributed by atoms with E-state index in [-0.39, 0.29) is 18.1 Å². The van der Waals surface area contributed by atoms with Crippen molar-refractivity contribution in [3.63, 3.8) is 0 Å². The zero-order valence-corrected chi connectivity index (χ0v) is 13.9. The Morgan fingerprint density at radius 2 is 2.08 bits per heavy atom. The highest BCUT2D eigenvalue weighted by Crippen LogP contribution is 2.07. The molecule has 8 nitrogen and oxygen atoms in total. The van der Waals surface area contributed by atoms with Crippen molar-refractivity contribution < 1.29 is 9.53 Å². The van der Waals surface area contributed by atoms with Crippen LogP contribution in [-0.2, 0) is 22.6 Å². The van der Waals surface area contributed by atoms with Gasteiger partial charge in [0.2, 0.25) is 5.91 Å². The highest BCUT2D eigenvalue weighted by atomic mass is 16.5. The molecule has 3 rings (SSSR count). The van der Waals surface area contributed by atoms with Crippen molar-refractivity contribution in [3.8, 4) is 0 Å². The van der Waals surface area contributed by atoms with E-state index in [1.165, 1.54) is 19.6 Å². The van der Waals surface area contributed by atoms with Gasteiger partial charge in [0.1, 0.15) is 18.3 Å². The van der Waals surface area contributed by atoms with E-state index in [9.17, 15) is 9.59 Å². The average Bonchev–Trinajstić information content (AvgIpc) is 3.02. The number of carbonyl (C=O) groups excluding carboxylic acids is 1. The van der Waals surface area contributed by atoms with E-state index in [0.717, 1.165) is 5.56 Å². The Balaban J connectivity index is 1.75. The molecule has 0 radical (unpaired) electrons. The molecular weight excluding hydrogens is 322 g/mol. The van der Waals surface area contributed by atoms with E-state index >= 15 is 0 Å². The molecule has 0 fully saturated rings. The number of aromatic nitrogens is 4. The largest absolute Gasteiger partial charge is 0.375 e. The lowest BCUT2D eigenvalue weighted by atomic mass is 10.2. The van der Waals surface area contributed by atoms with Crippen LogP contribution in [0.4, 0.5) is 0 Å². The van der Waals surface area contributed by atoms with Crippen molar-refractivity contribution in [2.24, 2.45) is 0 Å². The van der Waals surface area contributed by atoms with E-state index in [4.69, 9.17) is 4.74 Å². The summed E-state index contributed by atoms with van der Waals surface area (Å²) in [7, 11) is 1.46. The summed E-state index contributed by atoms with van der Waals surface area (Å²) in [5, 5.41) is 7.37. The van der Waals surface area contributed by atoms with Crippen molar-refractivity contribution in [1.29, 1.82) is 0 Å². The second-order valence-electron chi connectivity index (χ2n) is 5.55. The second kappa shape index (κ2) is 7.71. The van der Waals surface area contributed by atoms with E-state index in [2.05, 4.69) is 15.4 Å². The minimum absolute atomic E-state index is 0.0162. The smallest absolute Gasteiger partial charge is 0.264 e. The van der Waals surface area contributed by atoms with E-state index in [1.807, 2.05) is 30.3 Å². The Kier molecular flexibility index (Phi) is 5.20.